The molecular formula is C16H17IN2O4S2. The molecule has 0 saturated heterocycles. The summed E-state index contributed by atoms with van der Waals surface area (Å²) in [6.07, 6.45) is 2.31. The summed E-state index contributed by atoms with van der Waals surface area (Å²) in [5.74, 6) is -0.310. The average molecular weight is 492 g/mol. The molecule has 1 aromatic heterocycles. The molecule has 2 rings (SSSR count). The molecule has 0 radical (unpaired) electrons. The van der Waals surface area contributed by atoms with Crippen LogP contribution in [0.15, 0.2) is 42.3 Å². The maximum atomic E-state index is 12.6. The Balaban J connectivity index is 2.14. The van der Waals surface area contributed by atoms with E-state index in [4.69, 9.17) is 4.74 Å². The van der Waals surface area contributed by atoms with Crippen molar-refractivity contribution in [2.45, 2.75) is 25.0 Å². The number of hydrogen-bond acceptors (Lipinski definition) is 6. The first-order chi connectivity index (χ1) is 11.9. The van der Waals surface area contributed by atoms with Crippen molar-refractivity contribution in [3.8, 4) is 5.88 Å². The lowest BCUT2D eigenvalue weighted by Gasteiger charge is -2.14. The zero-order valence-corrected chi connectivity index (χ0v) is 17.2. The molecule has 1 aromatic carbocycles. The number of esters is 1. The fourth-order valence-corrected chi connectivity index (χ4v) is 4.55. The van der Waals surface area contributed by atoms with Crippen molar-refractivity contribution < 1.29 is 17.9 Å². The zero-order chi connectivity index (χ0) is 18.4. The number of anilines is 1. The first-order valence-electron chi connectivity index (χ1n) is 7.41. The first-order valence-corrected chi connectivity index (χ1v) is 10.9. The van der Waals surface area contributed by atoms with Gasteiger partial charge in [-0.05, 0) is 46.7 Å². The van der Waals surface area contributed by atoms with E-state index in [2.05, 4.69) is 38.9 Å². The molecule has 0 spiro atoms. The molecule has 1 N–H and O–H groups in total. The third kappa shape index (κ3) is 5.51. The van der Waals surface area contributed by atoms with Crippen LogP contribution in [0.1, 0.15) is 30.6 Å². The summed E-state index contributed by atoms with van der Waals surface area (Å²) in [4.78, 5) is 15.5. The van der Waals surface area contributed by atoms with Gasteiger partial charge in [-0.1, -0.05) is 25.1 Å². The third-order valence-electron chi connectivity index (χ3n) is 3.13. The maximum Gasteiger partial charge on any atom is 0.312 e. The van der Waals surface area contributed by atoms with Gasteiger partial charge in [0.2, 0.25) is 15.9 Å². The molecule has 1 atom stereocenters. The number of hydrogen-bond donors (Lipinski definition) is 1. The summed E-state index contributed by atoms with van der Waals surface area (Å²) in [5.41, 5.74) is 0.606. The molecule has 2 aromatic rings. The number of carbonyl (C=O) groups excluding carboxylic acids is 1. The average Bonchev–Trinajstić information content (AvgIpc) is 2.96. The van der Waals surface area contributed by atoms with E-state index in [-0.39, 0.29) is 17.4 Å². The van der Waals surface area contributed by atoms with E-state index in [1.165, 1.54) is 11.5 Å². The molecule has 25 heavy (non-hydrogen) atoms. The minimum Gasteiger partial charge on any atom is -0.406 e. The van der Waals surface area contributed by atoms with Crippen LogP contribution in [0, 0.1) is 3.57 Å². The number of ether oxygens (including phenoxy) is 1. The molecular weight excluding hydrogens is 475 g/mol. The summed E-state index contributed by atoms with van der Waals surface area (Å²) in [5, 5.41) is 0.704. The molecule has 0 aliphatic carbocycles. The van der Waals surface area contributed by atoms with Gasteiger partial charge in [0.1, 0.15) is 5.25 Å². The van der Waals surface area contributed by atoms with Gasteiger partial charge in [-0.25, -0.2) is 8.42 Å². The fraction of sp³-hybridized carbons (Fsp3) is 0.250. The van der Waals surface area contributed by atoms with Gasteiger partial charge in [-0.15, -0.1) is 17.9 Å². The Labute approximate surface area is 164 Å². The number of carbonyl (C=O) groups is 1. The Morgan fingerprint density at radius 2 is 2.12 bits per heavy atom. The lowest BCUT2D eigenvalue weighted by molar-refractivity contribution is -0.134. The predicted molar refractivity (Wildman–Crippen MR) is 107 cm³/mol. The van der Waals surface area contributed by atoms with E-state index in [0.29, 0.717) is 12.0 Å². The van der Waals surface area contributed by atoms with E-state index in [9.17, 15) is 13.2 Å². The second kappa shape index (κ2) is 8.77. The van der Waals surface area contributed by atoms with Crippen LogP contribution in [0.4, 0.5) is 5.13 Å². The highest BCUT2D eigenvalue weighted by molar-refractivity contribution is 14.1. The lowest BCUT2D eigenvalue weighted by Crippen LogP contribution is -2.20. The van der Waals surface area contributed by atoms with Gasteiger partial charge in [0.25, 0.3) is 0 Å². The van der Waals surface area contributed by atoms with E-state index in [0.717, 1.165) is 14.9 Å². The highest BCUT2D eigenvalue weighted by Crippen LogP contribution is 2.29. The van der Waals surface area contributed by atoms with Crippen molar-refractivity contribution in [3.63, 3.8) is 0 Å². The lowest BCUT2D eigenvalue weighted by atomic mass is 10.1. The van der Waals surface area contributed by atoms with E-state index >= 15 is 0 Å². The molecule has 0 fully saturated rings. The van der Waals surface area contributed by atoms with Crippen molar-refractivity contribution in [2.24, 2.45) is 0 Å². The Morgan fingerprint density at radius 3 is 2.72 bits per heavy atom. The first kappa shape index (κ1) is 19.9. The van der Waals surface area contributed by atoms with Crippen molar-refractivity contribution >= 4 is 55.1 Å². The summed E-state index contributed by atoms with van der Waals surface area (Å²) in [7, 11) is -3.78. The van der Waals surface area contributed by atoms with Gasteiger partial charge < -0.3 is 4.74 Å². The monoisotopic (exact) mass is 492 g/mol. The van der Waals surface area contributed by atoms with Crippen LogP contribution in [0.5, 0.6) is 5.88 Å². The van der Waals surface area contributed by atoms with Crippen LogP contribution in [0.25, 0.3) is 0 Å². The topological polar surface area (TPSA) is 85.4 Å². The van der Waals surface area contributed by atoms with Gasteiger partial charge in [-0.3, -0.25) is 9.52 Å². The van der Waals surface area contributed by atoms with Gasteiger partial charge in [0.05, 0.1) is 5.38 Å². The van der Waals surface area contributed by atoms with Crippen molar-refractivity contribution in [1.82, 2.24) is 4.98 Å². The molecule has 6 nitrogen and oxygen atoms in total. The van der Waals surface area contributed by atoms with Gasteiger partial charge >= 0.3 is 5.97 Å². The van der Waals surface area contributed by atoms with Gasteiger partial charge in [0.15, 0.2) is 5.13 Å². The number of benzene rings is 1. The van der Waals surface area contributed by atoms with Crippen LogP contribution < -0.4 is 9.46 Å². The van der Waals surface area contributed by atoms with Gasteiger partial charge in [-0.2, -0.15) is 4.98 Å². The Hall–Kier alpha value is -1.46. The second-order valence-corrected chi connectivity index (χ2v) is 8.98. The van der Waals surface area contributed by atoms with E-state index < -0.39 is 21.2 Å². The highest BCUT2D eigenvalue weighted by atomic mass is 127. The number of nitrogens with one attached hydrogen (secondary N) is 1. The molecule has 0 bridgehead atoms. The number of halogens is 1. The van der Waals surface area contributed by atoms with E-state index in [1.807, 2.05) is 19.1 Å². The Bertz CT molecular complexity index is 847. The maximum absolute atomic E-state index is 12.6. The Kier molecular flexibility index (Phi) is 6.96. The fourth-order valence-electron chi connectivity index (χ4n) is 2.00. The minimum atomic E-state index is -3.78. The molecule has 1 unspecified atom stereocenters. The quantitative estimate of drug-likeness (QED) is 0.341. The molecule has 0 aliphatic heterocycles. The van der Waals surface area contributed by atoms with Crippen LogP contribution in [0.3, 0.4) is 0 Å². The standard InChI is InChI=1S/C16H17IN2O4S2/c1-3-5-15(20)23-14-10-24-16(18-14)19-25(21,22)13(4-2)11-6-8-12(17)9-7-11/h4,6-10,13H,2-3,5H2,1H3,(H,18,19). The zero-order valence-electron chi connectivity index (χ0n) is 13.4. The molecule has 1 heterocycles. The number of thiazole rings is 1. The highest BCUT2D eigenvalue weighted by Gasteiger charge is 2.25. The number of nitrogens with zero attached hydrogens (tertiary/aromatic N) is 1. The second-order valence-electron chi connectivity index (χ2n) is 5.07. The van der Waals surface area contributed by atoms with Crippen molar-refractivity contribution in [3.05, 3.63) is 51.4 Å². The van der Waals surface area contributed by atoms with Crippen LogP contribution >= 0.6 is 33.9 Å². The number of sulfonamides is 1. The largest absolute Gasteiger partial charge is 0.406 e. The minimum absolute atomic E-state index is 0.0885. The smallest absolute Gasteiger partial charge is 0.312 e. The predicted octanol–water partition coefficient (Wildman–Crippen LogP) is 4.12. The number of aromatic nitrogens is 1. The van der Waals surface area contributed by atoms with Gasteiger partial charge in [0, 0.05) is 9.99 Å². The molecule has 9 heteroatoms. The normalized spacial score (nSPS) is 12.4. The van der Waals surface area contributed by atoms with Crippen LogP contribution in [-0.2, 0) is 14.8 Å². The molecule has 0 aliphatic rings. The van der Waals surface area contributed by atoms with Crippen molar-refractivity contribution in [1.29, 1.82) is 0 Å². The summed E-state index contributed by atoms with van der Waals surface area (Å²) in [6.45, 7) is 5.49. The van der Waals surface area contributed by atoms with Crippen molar-refractivity contribution in [2.75, 3.05) is 4.72 Å². The van der Waals surface area contributed by atoms with E-state index in [1.54, 1.807) is 12.1 Å². The van der Waals surface area contributed by atoms with Crippen LogP contribution in [-0.4, -0.2) is 19.4 Å². The summed E-state index contributed by atoms with van der Waals surface area (Å²) in [6, 6.07) is 7.15. The Morgan fingerprint density at radius 1 is 1.44 bits per heavy atom. The van der Waals surface area contributed by atoms with Crippen LogP contribution in [0.2, 0.25) is 0 Å². The number of rotatable bonds is 8. The molecule has 134 valence electrons. The molecule has 0 amide bonds. The molecule has 0 saturated carbocycles. The summed E-state index contributed by atoms with van der Waals surface area (Å²) < 4.78 is 33.7. The SMILES string of the molecule is C=CC(c1ccc(I)cc1)S(=O)(=O)Nc1nc(OC(=O)CCC)cs1. The summed E-state index contributed by atoms with van der Waals surface area (Å²) >= 11 is 3.20. The third-order valence-corrected chi connectivity index (χ3v) is 6.33.